The zero-order chi connectivity index (χ0) is 60.1. The highest BCUT2D eigenvalue weighted by Gasteiger charge is 2.51. The lowest BCUT2D eigenvalue weighted by molar-refractivity contribution is -0.153. The summed E-state index contributed by atoms with van der Waals surface area (Å²) < 4.78 is 53.4. The van der Waals surface area contributed by atoms with E-state index < -0.39 is 83.9 Å². The van der Waals surface area contributed by atoms with Gasteiger partial charge in [0, 0.05) is 54.7 Å². The third-order valence-electron chi connectivity index (χ3n) is 15.4. The molecule has 84 heavy (non-hydrogen) atoms. The van der Waals surface area contributed by atoms with Crippen LogP contribution in [0.1, 0.15) is 143 Å². The van der Waals surface area contributed by atoms with Crippen molar-refractivity contribution in [1.29, 1.82) is 0 Å². The molecule has 2 saturated heterocycles. The van der Waals surface area contributed by atoms with Crippen LogP contribution in [-0.4, -0.2) is 123 Å². The summed E-state index contributed by atoms with van der Waals surface area (Å²) in [5.41, 5.74) is -3.20. The van der Waals surface area contributed by atoms with E-state index in [4.69, 9.17) is 9.47 Å². The van der Waals surface area contributed by atoms with Crippen molar-refractivity contribution in [2.45, 2.75) is 121 Å². The van der Waals surface area contributed by atoms with Gasteiger partial charge in [-0.2, -0.15) is 8.78 Å². The van der Waals surface area contributed by atoms with Gasteiger partial charge < -0.3 is 39.7 Å². The molecule has 9 rings (SSSR count). The first-order chi connectivity index (χ1) is 40.0. The first-order valence-corrected chi connectivity index (χ1v) is 30.3. The average Bonchev–Trinajstić information content (AvgIpc) is 2.27. The van der Waals surface area contributed by atoms with Crippen LogP contribution in [0.15, 0.2) is 91.0 Å². The molecule has 5 heterocycles. The van der Waals surface area contributed by atoms with Gasteiger partial charge in [-0.05, 0) is 89.2 Å². The second-order valence-corrected chi connectivity index (χ2v) is 25.1. The number of hydrogen-bond acceptors (Lipinski definition) is 12. The highest BCUT2D eigenvalue weighted by molar-refractivity contribution is 7.52. The number of nitrogens with one attached hydrogen (secondary N) is 3. The third-order valence-corrected chi connectivity index (χ3v) is 17.5. The Bertz CT molecular complexity index is 3520. The number of fused-ring (bicyclic) bond motifs is 3. The topological polar surface area (TPSA) is 258 Å². The number of hydrogen-bond donors (Lipinski definition) is 5. The lowest BCUT2D eigenvalue weighted by atomic mass is 9.84. The molecule has 0 aliphatic carbocycles. The molecule has 5 aromatic rings. The summed E-state index contributed by atoms with van der Waals surface area (Å²) in [5, 5.41) is 8.10. The molecule has 2 fully saturated rings. The maximum absolute atomic E-state index is 15.2. The van der Waals surface area contributed by atoms with E-state index >= 15 is 4.79 Å². The second-order valence-electron chi connectivity index (χ2n) is 22.4. The second kappa shape index (κ2) is 25.7. The molecule has 0 saturated carbocycles. The highest BCUT2D eigenvalue weighted by Crippen LogP contribution is 2.59. The number of ether oxygens (including phenoxy) is 2. The van der Waals surface area contributed by atoms with Crippen molar-refractivity contribution in [2.24, 2.45) is 5.41 Å². The van der Waals surface area contributed by atoms with Crippen molar-refractivity contribution in [1.82, 2.24) is 30.7 Å². The van der Waals surface area contributed by atoms with Gasteiger partial charge in [0.2, 0.25) is 23.6 Å². The predicted octanol–water partition coefficient (Wildman–Crippen LogP) is 7.51. The number of alkyl halides is 2. The molecule has 23 heteroatoms. The quantitative estimate of drug-likeness (QED) is 0.0233. The van der Waals surface area contributed by atoms with Gasteiger partial charge in [-0.3, -0.25) is 53.1 Å². The average molecular weight is 1190 g/mol. The van der Waals surface area contributed by atoms with Crippen molar-refractivity contribution < 1.29 is 71.0 Å². The van der Waals surface area contributed by atoms with Gasteiger partial charge in [-0.1, -0.05) is 107 Å². The number of rotatable bonds is 19. The Morgan fingerprint density at radius 2 is 1.64 bits per heavy atom. The smallest absolute Gasteiger partial charge is 0.399 e. The molecular formula is C61H65F2N6O13PS. The summed E-state index contributed by atoms with van der Waals surface area (Å²) in [6, 6.07) is 20.7. The van der Waals surface area contributed by atoms with E-state index in [1.807, 2.05) is 36.4 Å². The van der Waals surface area contributed by atoms with E-state index in [2.05, 4.69) is 27.8 Å². The number of thiophene rings is 1. The van der Waals surface area contributed by atoms with Gasteiger partial charge in [-0.15, -0.1) is 11.3 Å². The van der Waals surface area contributed by atoms with Crippen LogP contribution in [0.4, 0.5) is 8.78 Å². The molecule has 442 valence electrons. The molecule has 1 aromatic heterocycles. The van der Waals surface area contributed by atoms with Crippen molar-refractivity contribution >= 4 is 76.3 Å². The Morgan fingerprint density at radius 1 is 0.893 bits per heavy atom. The lowest BCUT2D eigenvalue weighted by Gasteiger charge is -2.43. The van der Waals surface area contributed by atoms with Gasteiger partial charge in [0.05, 0.1) is 29.2 Å². The molecule has 19 nitrogen and oxygen atoms in total. The van der Waals surface area contributed by atoms with Crippen molar-refractivity contribution in [3.05, 3.63) is 135 Å². The normalized spacial score (nSPS) is 18.6. The number of carbonyl (C=O) groups is 8. The monoisotopic (exact) mass is 1190 g/mol. The molecule has 0 bridgehead atoms. The number of carbonyl (C=O) groups excluding carboxylic acids is 8. The minimum Gasteiger partial charge on any atom is -0.484 e. The number of amides is 8. The number of nitrogens with zero attached hydrogens (tertiary/aromatic N) is 3. The molecule has 5 N–H and O–H groups in total. The van der Waals surface area contributed by atoms with Gasteiger partial charge >= 0.3 is 13.3 Å². The number of imide groups is 2. The molecule has 1 unspecified atom stereocenters. The highest BCUT2D eigenvalue weighted by atomic mass is 32.1. The zero-order valence-corrected chi connectivity index (χ0v) is 48.3. The van der Waals surface area contributed by atoms with Crippen LogP contribution in [0.2, 0.25) is 0 Å². The van der Waals surface area contributed by atoms with Crippen LogP contribution in [0.3, 0.4) is 0 Å². The predicted molar refractivity (Wildman–Crippen MR) is 305 cm³/mol. The zero-order valence-electron chi connectivity index (χ0n) is 46.6. The van der Waals surface area contributed by atoms with Gasteiger partial charge in [0.15, 0.2) is 6.61 Å². The van der Waals surface area contributed by atoms with Crippen LogP contribution in [0, 0.1) is 17.3 Å². The van der Waals surface area contributed by atoms with Crippen LogP contribution in [-0.2, 0) is 51.9 Å². The molecule has 4 aliphatic heterocycles. The van der Waals surface area contributed by atoms with Gasteiger partial charge in [0.1, 0.15) is 30.0 Å². The van der Waals surface area contributed by atoms with Gasteiger partial charge in [0.25, 0.3) is 23.6 Å². The van der Waals surface area contributed by atoms with E-state index in [9.17, 15) is 56.7 Å². The Labute approximate surface area is 488 Å². The molecular weight excluding hydrogens is 1130 g/mol. The fourth-order valence-electron chi connectivity index (χ4n) is 10.8. The van der Waals surface area contributed by atoms with E-state index in [1.165, 1.54) is 23.1 Å². The fraction of sp³-hybridized carbons (Fsp3) is 0.410. The maximum Gasteiger partial charge on any atom is 0.399 e. The van der Waals surface area contributed by atoms with Crippen molar-refractivity contribution in [3.8, 4) is 17.6 Å². The van der Waals surface area contributed by atoms with E-state index in [0.717, 1.165) is 78.0 Å². The minimum absolute atomic E-state index is 0.0331. The van der Waals surface area contributed by atoms with E-state index in [-0.39, 0.29) is 85.3 Å². The summed E-state index contributed by atoms with van der Waals surface area (Å²) in [4.78, 5) is 130. The Kier molecular flexibility index (Phi) is 18.6. The molecule has 4 aliphatic rings. The SMILES string of the molecule is CC(C)(C)[C@H](NC(=O)c1cc2cc(C(F)(F)P(=O)(O)O)ccc2s1)C(=O)N1Cc2cc(OCC(=O)NCCCCCCCCC#Cc3cccc4c3C(=O)N(C3CCC(=O)NC3=O)C4=O)ccc2C[C@H]1C(=O)N1CCO[C@H](c2ccccc2)C1. The molecule has 0 spiro atoms. The number of morpholine rings is 1. The van der Waals surface area contributed by atoms with E-state index in [1.54, 1.807) is 49.9 Å². The summed E-state index contributed by atoms with van der Waals surface area (Å²) in [6.45, 7) is 6.18. The van der Waals surface area contributed by atoms with E-state index in [0.29, 0.717) is 34.5 Å². The lowest BCUT2D eigenvalue weighted by Crippen LogP contribution is -2.61. The molecule has 8 amide bonds. The van der Waals surface area contributed by atoms with Gasteiger partial charge in [-0.25, -0.2) is 0 Å². The van der Waals surface area contributed by atoms with Crippen LogP contribution >= 0.6 is 18.9 Å². The summed E-state index contributed by atoms with van der Waals surface area (Å²) in [6.07, 6.45) is 5.66. The minimum atomic E-state index is -5.86. The number of unbranched alkanes of at least 4 members (excludes halogenated alkanes) is 6. The molecule has 0 radical (unpaired) electrons. The summed E-state index contributed by atoms with van der Waals surface area (Å²) in [7, 11) is -5.86. The molecule has 4 atom stereocenters. The van der Waals surface area contributed by atoms with Crippen LogP contribution in [0.25, 0.3) is 10.1 Å². The maximum atomic E-state index is 15.2. The Hall–Kier alpha value is -7.67. The summed E-state index contributed by atoms with van der Waals surface area (Å²) in [5.74, 6) is 2.34. The van der Waals surface area contributed by atoms with Crippen LogP contribution < -0.4 is 20.7 Å². The number of halogens is 2. The first-order valence-electron chi connectivity index (χ1n) is 27.9. The fourth-order valence-corrected chi connectivity index (χ4v) is 12.2. The standard InChI is InChI=1S/C61H65F2N6O13PS/c1-60(2,3)53(66-55(73)49-33-40-30-42(22-25-48(40)84-49)61(62,63)83(78,79)80)59(77)68-34-41-31-43(23-21-39(41)32-46(68)57(75)67-28-29-81-47(35-67)37-16-12-10-13-17-37)82-36-51(71)64-27-14-9-7-5-4-6-8-11-18-38-19-15-20-44-52(38)58(76)69(56(44)74)45-24-26-50(70)65-54(45)72/h10,12-13,15-17,19-23,25,30-31,33,45-47,53H,4-9,14,24,26-29,32,34-36H2,1-3H3,(H,64,71)(H,66,73)(H,65,70,72)(H2,78,79,80)/t45?,46-,47-,53+/m0/s1. The number of piperidine rings is 1. The largest absolute Gasteiger partial charge is 0.484 e. The van der Waals surface area contributed by atoms with Crippen molar-refractivity contribution in [2.75, 3.05) is 32.8 Å². The Morgan fingerprint density at radius 3 is 2.38 bits per heavy atom. The third kappa shape index (κ3) is 13.6. The Balaban J connectivity index is 0.780. The molecule has 4 aromatic carbocycles. The summed E-state index contributed by atoms with van der Waals surface area (Å²) >= 11 is 0.950. The van der Waals surface area contributed by atoms with Crippen molar-refractivity contribution in [3.63, 3.8) is 0 Å². The first kappa shape index (κ1) is 60.9. The van der Waals surface area contributed by atoms with Crippen LogP contribution in [0.5, 0.6) is 5.75 Å². The number of benzene rings is 4.